The molecular formula is C19H26ClN5OS. The molecule has 0 amide bonds. The molecule has 27 heavy (non-hydrogen) atoms. The van der Waals surface area contributed by atoms with Crippen molar-refractivity contribution < 1.29 is 0 Å². The summed E-state index contributed by atoms with van der Waals surface area (Å²) in [6.45, 7) is 8.28. The van der Waals surface area contributed by atoms with Crippen molar-refractivity contribution in [3.05, 3.63) is 39.5 Å². The van der Waals surface area contributed by atoms with Crippen LogP contribution in [0.5, 0.6) is 0 Å². The van der Waals surface area contributed by atoms with Gasteiger partial charge in [-0.1, -0.05) is 18.5 Å². The number of hydrogen-bond donors (Lipinski definition) is 0. The SMILES string of the molecule is CC1Cc2nn(CCCN3CCN(C)CC3)c(=O)n2-c2cc(Cl)ccc2S1. The Bertz CT molecular complexity index is 871. The molecule has 3 heterocycles. The summed E-state index contributed by atoms with van der Waals surface area (Å²) in [6.07, 6.45) is 1.71. The van der Waals surface area contributed by atoms with E-state index in [1.54, 1.807) is 21.0 Å². The summed E-state index contributed by atoms with van der Waals surface area (Å²) in [5.41, 5.74) is 0.809. The summed E-state index contributed by atoms with van der Waals surface area (Å²) in [6, 6.07) is 5.77. The zero-order valence-electron chi connectivity index (χ0n) is 15.9. The van der Waals surface area contributed by atoms with Gasteiger partial charge in [0.15, 0.2) is 0 Å². The number of benzene rings is 1. The third-order valence-electron chi connectivity index (χ3n) is 5.31. The first-order chi connectivity index (χ1) is 13.0. The van der Waals surface area contributed by atoms with E-state index in [-0.39, 0.29) is 5.69 Å². The second-order valence-electron chi connectivity index (χ2n) is 7.50. The van der Waals surface area contributed by atoms with E-state index in [4.69, 9.17) is 11.6 Å². The molecule has 0 radical (unpaired) electrons. The third-order valence-corrected chi connectivity index (χ3v) is 6.71. The standard InChI is InChI=1S/C19H26ClN5OS/c1-14-12-18-21-24(7-3-6-23-10-8-22(2)9-11-23)19(26)25(18)16-13-15(20)4-5-17(16)27-14/h4-5,13-14H,3,6-12H2,1-2H3. The molecule has 0 saturated carbocycles. The number of nitrogens with zero attached hydrogens (tertiary/aromatic N) is 5. The predicted octanol–water partition coefficient (Wildman–Crippen LogP) is 2.36. The molecule has 0 bridgehead atoms. The van der Waals surface area contributed by atoms with Crippen molar-refractivity contribution in [1.29, 1.82) is 0 Å². The first-order valence-corrected chi connectivity index (χ1v) is 10.8. The Morgan fingerprint density at radius 2 is 2.00 bits per heavy atom. The van der Waals surface area contributed by atoms with Gasteiger partial charge in [-0.25, -0.2) is 14.0 Å². The van der Waals surface area contributed by atoms with Gasteiger partial charge in [-0.15, -0.1) is 11.8 Å². The van der Waals surface area contributed by atoms with Crippen LogP contribution in [-0.2, 0) is 13.0 Å². The second-order valence-corrected chi connectivity index (χ2v) is 9.42. The minimum atomic E-state index is -0.0541. The van der Waals surface area contributed by atoms with E-state index in [9.17, 15) is 4.79 Å². The maximum absolute atomic E-state index is 13.1. The molecule has 8 heteroatoms. The van der Waals surface area contributed by atoms with Crippen LogP contribution in [0, 0.1) is 0 Å². The Balaban J connectivity index is 1.53. The van der Waals surface area contributed by atoms with E-state index in [1.807, 2.05) is 18.2 Å². The molecule has 1 saturated heterocycles. The highest BCUT2D eigenvalue weighted by molar-refractivity contribution is 8.00. The first-order valence-electron chi connectivity index (χ1n) is 9.57. The molecule has 0 N–H and O–H groups in total. The van der Waals surface area contributed by atoms with Crippen molar-refractivity contribution in [2.24, 2.45) is 0 Å². The molecule has 2 aromatic rings. The van der Waals surface area contributed by atoms with Crippen LogP contribution in [0.15, 0.2) is 27.9 Å². The summed E-state index contributed by atoms with van der Waals surface area (Å²) in [4.78, 5) is 19.0. The number of aryl methyl sites for hydroxylation is 1. The first kappa shape index (κ1) is 19.1. The Hall–Kier alpha value is -1.28. The molecule has 1 atom stereocenters. The van der Waals surface area contributed by atoms with E-state index in [2.05, 4.69) is 28.9 Å². The molecular weight excluding hydrogens is 382 g/mol. The van der Waals surface area contributed by atoms with Crippen LogP contribution in [0.1, 0.15) is 19.2 Å². The molecule has 1 unspecified atom stereocenters. The number of piperazine rings is 1. The van der Waals surface area contributed by atoms with Crippen molar-refractivity contribution in [3.8, 4) is 5.69 Å². The summed E-state index contributed by atoms with van der Waals surface area (Å²) in [5, 5.41) is 5.68. The fourth-order valence-electron chi connectivity index (χ4n) is 3.77. The zero-order valence-corrected chi connectivity index (χ0v) is 17.5. The number of thioether (sulfide) groups is 1. The predicted molar refractivity (Wildman–Crippen MR) is 110 cm³/mol. The van der Waals surface area contributed by atoms with Crippen LogP contribution in [-0.4, -0.2) is 69.2 Å². The highest BCUT2D eigenvalue weighted by Gasteiger charge is 2.24. The van der Waals surface area contributed by atoms with Gasteiger partial charge >= 0.3 is 5.69 Å². The van der Waals surface area contributed by atoms with Crippen molar-refractivity contribution >= 4 is 23.4 Å². The van der Waals surface area contributed by atoms with Crippen molar-refractivity contribution in [2.75, 3.05) is 39.8 Å². The lowest BCUT2D eigenvalue weighted by atomic mass is 10.3. The molecule has 2 aliphatic rings. The maximum Gasteiger partial charge on any atom is 0.350 e. The smallest absolute Gasteiger partial charge is 0.304 e. The topological polar surface area (TPSA) is 46.3 Å². The molecule has 0 spiro atoms. The van der Waals surface area contributed by atoms with Crippen LogP contribution in [0.25, 0.3) is 5.69 Å². The van der Waals surface area contributed by atoms with Crippen molar-refractivity contribution in [1.82, 2.24) is 24.1 Å². The van der Waals surface area contributed by atoms with Gasteiger partial charge in [0.1, 0.15) is 5.82 Å². The van der Waals surface area contributed by atoms with Crippen LogP contribution in [0.3, 0.4) is 0 Å². The number of rotatable bonds is 4. The van der Waals surface area contributed by atoms with Gasteiger partial charge in [-0.2, -0.15) is 5.10 Å². The highest BCUT2D eigenvalue weighted by atomic mass is 35.5. The van der Waals surface area contributed by atoms with E-state index in [0.29, 0.717) is 16.8 Å². The van der Waals surface area contributed by atoms with E-state index >= 15 is 0 Å². The number of aromatic nitrogens is 3. The highest BCUT2D eigenvalue weighted by Crippen LogP contribution is 2.35. The van der Waals surface area contributed by atoms with Gasteiger partial charge < -0.3 is 9.80 Å². The lowest BCUT2D eigenvalue weighted by molar-refractivity contribution is 0.150. The molecule has 1 fully saturated rings. The van der Waals surface area contributed by atoms with Crippen LogP contribution in [0.2, 0.25) is 5.02 Å². The Labute approximate surface area is 169 Å². The lowest BCUT2D eigenvalue weighted by Gasteiger charge is -2.32. The van der Waals surface area contributed by atoms with Crippen LogP contribution < -0.4 is 5.69 Å². The van der Waals surface area contributed by atoms with E-state index in [1.165, 1.54) is 0 Å². The van der Waals surface area contributed by atoms with Gasteiger partial charge in [0.2, 0.25) is 0 Å². The minimum absolute atomic E-state index is 0.0541. The molecule has 4 rings (SSSR count). The van der Waals surface area contributed by atoms with Gasteiger partial charge in [-0.3, -0.25) is 0 Å². The van der Waals surface area contributed by atoms with Gasteiger partial charge in [0.05, 0.1) is 5.69 Å². The number of hydrogen-bond acceptors (Lipinski definition) is 5. The largest absolute Gasteiger partial charge is 0.350 e. The maximum atomic E-state index is 13.1. The van der Waals surface area contributed by atoms with Crippen LogP contribution >= 0.6 is 23.4 Å². The Morgan fingerprint density at radius 1 is 1.22 bits per heavy atom. The zero-order chi connectivity index (χ0) is 19.0. The number of likely N-dealkylation sites (N-methyl/N-ethyl adjacent to an activating group) is 1. The Morgan fingerprint density at radius 3 is 2.78 bits per heavy atom. The number of fused-ring (bicyclic) bond motifs is 3. The van der Waals surface area contributed by atoms with E-state index < -0.39 is 0 Å². The van der Waals surface area contributed by atoms with Gasteiger partial charge in [-0.05, 0) is 31.7 Å². The quantitative estimate of drug-likeness (QED) is 0.778. The lowest BCUT2D eigenvalue weighted by Crippen LogP contribution is -2.44. The monoisotopic (exact) mass is 407 g/mol. The van der Waals surface area contributed by atoms with Gasteiger partial charge in [0.25, 0.3) is 0 Å². The van der Waals surface area contributed by atoms with E-state index in [0.717, 1.165) is 62.0 Å². The molecule has 0 aliphatic carbocycles. The summed E-state index contributed by atoms with van der Waals surface area (Å²) >= 11 is 7.99. The average molecular weight is 408 g/mol. The fourth-order valence-corrected chi connectivity index (χ4v) is 5.02. The third kappa shape index (κ3) is 4.11. The average Bonchev–Trinajstić information content (AvgIpc) is 2.85. The summed E-state index contributed by atoms with van der Waals surface area (Å²) in [5.74, 6) is 0.834. The Kier molecular flexibility index (Phi) is 5.64. The normalized spacial score (nSPS) is 20.9. The summed E-state index contributed by atoms with van der Waals surface area (Å²) < 4.78 is 3.40. The molecule has 1 aromatic heterocycles. The van der Waals surface area contributed by atoms with Crippen molar-refractivity contribution in [3.63, 3.8) is 0 Å². The molecule has 146 valence electrons. The molecule has 1 aromatic carbocycles. The minimum Gasteiger partial charge on any atom is -0.304 e. The van der Waals surface area contributed by atoms with Crippen LogP contribution in [0.4, 0.5) is 0 Å². The van der Waals surface area contributed by atoms with Gasteiger partial charge in [0, 0.05) is 60.9 Å². The van der Waals surface area contributed by atoms with Crippen molar-refractivity contribution in [2.45, 2.75) is 36.5 Å². The molecule has 6 nitrogen and oxygen atoms in total. The summed E-state index contributed by atoms with van der Waals surface area (Å²) in [7, 11) is 2.17. The second kappa shape index (κ2) is 7.99. The fraction of sp³-hybridized carbons (Fsp3) is 0.579. The molecule has 2 aliphatic heterocycles. The number of halogens is 1.